The lowest BCUT2D eigenvalue weighted by atomic mass is 9.74. The number of ketones is 1. The molecule has 0 amide bonds. The van der Waals surface area contributed by atoms with Gasteiger partial charge in [-0.25, -0.2) is 8.78 Å². The van der Waals surface area contributed by atoms with Crippen molar-refractivity contribution in [3.05, 3.63) is 117 Å². The Morgan fingerprint density at radius 3 is 1.50 bits per heavy atom. The van der Waals surface area contributed by atoms with E-state index in [4.69, 9.17) is 9.47 Å². The van der Waals surface area contributed by atoms with Gasteiger partial charge in [0.15, 0.2) is 0 Å². The highest BCUT2D eigenvalue weighted by Gasteiger charge is 2.34. The molecule has 0 bridgehead atoms. The summed E-state index contributed by atoms with van der Waals surface area (Å²) in [6.45, 7) is 21.2. The second-order valence-electron chi connectivity index (χ2n) is 14.9. The molecule has 8 heteroatoms. The summed E-state index contributed by atoms with van der Waals surface area (Å²) in [5.74, 6) is 0.711. The van der Waals surface area contributed by atoms with Gasteiger partial charge in [-0.05, 0) is 132 Å². The lowest BCUT2D eigenvalue weighted by Crippen LogP contribution is -2.36. The topological polar surface area (TPSA) is 81.5 Å². The lowest BCUT2D eigenvalue weighted by molar-refractivity contribution is -0.118. The van der Waals surface area contributed by atoms with Gasteiger partial charge in [0.25, 0.3) is 0 Å². The van der Waals surface area contributed by atoms with Crippen LogP contribution >= 0.6 is 0 Å². The summed E-state index contributed by atoms with van der Waals surface area (Å²) in [5.41, 5.74) is 6.06. The summed E-state index contributed by atoms with van der Waals surface area (Å²) in [6.07, 6.45) is 1.26. The van der Waals surface area contributed by atoms with E-state index < -0.39 is 16.4 Å². The average Bonchev–Trinajstić information content (AvgIpc) is 2.95. The number of halogens is 2. The minimum atomic E-state index is -0.978. The Kier molecular flexibility index (Phi) is 14.8. The first-order valence-electron chi connectivity index (χ1n) is 16.8. The van der Waals surface area contributed by atoms with Gasteiger partial charge in [0.1, 0.15) is 28.9 Å². The zero-order chi connectivity index (χ0) is 38.0. The smallest absolute Gasteiger partial charge is 0.130 e. The second kappa shape index (κ2) is 17.7. The van der Waals surface area contributed by atoms with E-state index in [-0.39, 0.29) is 17.4 Å². The van der Waals surface area contributed by atoms with Crippen molar-refractivity contribution in [3.8, 4) is 11.5 Å². The first-order chi connectivity index (χ1) is 23.1. The molecule has 2 heterocycles. The van der Waals surface area contributed by atoms with Crippen LogP contribution in [0, 0.1) is 46.3 Å². The van der Waals surface area contributed by atoms with Crippen LogP contribution in [0.5, 0.6) is 11.5 Å². The fourth-order valence-corrected chi connectivity index (χ4v) is 6.69. The SMILES string of the molecule is COc1ccc(F)cc1C(C)(C)CC(C)(O)Cc1cc(C)cc(C)n1.COc1ccc(F)cc1C(C)(C)CC(C)=O.Cc1cc(C)nc(C)c1. The molecule has 0 aliphatic rings. The van der Waals surface area contributed by atoms with Crippen molar-refractivity contribution in [3.63, 3.8) is 0 Å². The van der Waals surface area contributed by atoms with Crippen molar-refractivity contribution in [2.75, 3.05) is 14.2 Å². The Bertz CT molecular complexity index is 1680. The minimum Gasteiger partial charge on any atom is -0.496 e. The molecule has 0 saturated heterocycles. The van der Waals surface area contributed by atoms with Gasteiger partial charge in [-0.15, -0.1) is 0 Å². The van der Waals surface area contributed by atoms with Crippen LogP contribution in [-0.2, 0) is 22.0 Å². The molecule has 4 rings (SSSR count). The maximum Gasteiger partial charge on any atom is 0.130 e. The van der Waals surface area contributed by atoms with Crippen LogP contribution < -0.4 is 9.47 Å². The highest BCUT2D eigenvalue weighted by Crippen LogP contribution is 2.39. The van der Waals surface area contributed by atoms with Crippen molar-refractivity contribution in [2.24, 2.45) is 0 Å². The number of hydrogen-bond donors (Lipinski definition) is 1. The molecule has 1 atom stereocenters. The summed E-state index contributed by atoms with van der Waals surface area (Å²) >= 11 is 0. The third kappa shape index (κ3) is 13.3. The van der Waals surface area contributed by atoms with Crippen LogP contribution in [0.15, 0.2) is 60.7 Å². The van der Waals surface area contributed by atoms with E-state index in [9.17, 15) is 18.7 Å². The van der Waals surface area contributed by atoms with Gasteiger partial charge in [-0.1, -0.05) is 27.7 Å². The predicted octanol–water partition coefficient (Wildman–Crippen LogP) is 9.61. The van der Waals surface area contributed by atoms with E-state index in [1.165, 1.54) is 36.8 Å². The van der Waals surface area contributed by atoms with Gasteiger partial charge >= 0.3 is 0 Å². The number of aryl methyl sites for hydroxylation is 5. The molecule has 0 radical (unpaired) electrons. The normalized spacial score (nSPS) is 12.5. The predicted molar refractivity (Wildman–Crippen MR) is 198 cm³/mol. The van der Waals surface area contributed by atoms with Crippen molar-refractivity contribution in [2.45, 2.75) is 112 Å². The molecule has 6 nitrogen and oxygen atoms in total. The Morgan fingerprint density at radius 1 is 0.680 bits per heavy atom. The van der Waals surface area contributed by atoms with E-state index in [1.54, 1.807) is 33.3 Å². The highest BCUT2D eigenvalue weighted by atomic mass is 19.1. The molecule has 4 aromatic rings. The first-order valence-corrected chi connectivity index (χ1v) is 16.8. The monoisotopic (exact) mass is 690 g/mol. The number of nitrogens with zero attached hydrogens (tertiary/aromatic N) is 2. The van der Waals surface area contributed by atoms with Crippen LogP contribution in [0.4, 0.5) is 8.78 Å². The minimum absolute atomic E-state index is 0.0799. The van der Waals surface area contributed by atoms with E-state index >= 15 is 0 Å². The fourth-order valence-electron chi connectivity index (χ4n) is 6.69. The zero-order valence-electron chi connectivity index (χ0n) is 32.2. The molecule has 2 aromatic carbocycles. The lowest BCUT2D eigenvalue weighted by Gasteiger charge is -2.35. The van der Waals surface area contributed by atoms with Crippen LogP contribution in [-0.4, -0.2) is 40.7 Å². The molecule has 50 heavy (non-hydrogen) atoms. The highest BCUT2D eigenvalue weighted by molar-refractivity contribution is 5.77. The van der Waals surface area contributed by atoms with Crippen molar-refractivity contribution < 1.29 is 28.2 Å². The molecule has 2 aromatic heterocycles. The number of aliphatic hydroxyl groups is 1. The van der Waals surface area contributed by atoms with Crippen LogP contribution in [0.25, 0.3) is 0 Å². The number of hydrogen-bond acceptors (Lipinski definition) is 6. The molecule has 1 N–H and O–H groups in total. The maximum absolute atomic E-state index is 13.8. The number of ether oxygens (including phenoxy) is 2. The van der Waals surface area contributed by atoms with Crippen LogP contribution in [0.2, 0.25) is 0 Å². The quantitative estimate of drug-likeness (QED) is 0.179. The zero-order valence-corrected chi connectivity index (χ0v) is 32.2. The van der Waals surface area contributed by atoms with Gasteiger partial charge in [0.2, 0.25) is 0 Å². The third-order valence-corrected chi connectivity index (χ3v) is 8.23. The van der Waals surface area contributed by atoms with E-state index in [0.717, 1.165) is 39.5 Å². The number of methoxy groups -OCH3 is 2. The van der Waals surface area contributed by atoms with Crippen molar-refractivity contribution in [1.82, 2.24) is 9.97 Å². The Morgan fingerprint density at radius 2 is 1.10 bits per heavy atom. The van der Waals surface area contributed by atoms with Gasteiger partial charge in [0, 0.05) is 52.2 Å². The number of aromatic nitrogens is 2. The summed E-state index contributed by atoms with van der Waals surface area (Å²) in [7, 11) is 3.12. The van der Waals surface area contributed by atoms with Crippen molar-refractivity contribution in [1.29, 1.82) is 0 Å². The van der Waals surface area contributed by atoms with Gasteiger partial charge in [-0.3, -0.25) is 14.8 Å². The Hall–Kier alpha value is -4.17. The third-order valence-electron chi connectivity index (χ3n) is 8.23. The first kappa shape index (κ1) is 42.0. The number of carbonyl (C=O) groups excluding carboxylic acids is 1. The van der Waals surface area contributed by atoms with Crippen molar-refractivity contribution >= 4 is 5.78 Å². The summed E-state index contributed by atoms with van der Waals surface area (Å²) in [5, 5.41) is 11.0. The number of benzene rings is 2. The molecular weight excluding hydrogens is 634 g/mol. The standard InChI is InChI=1S/C21H28FNO2.C13H17FO2.C8H11N/c1-14-9-15(2)23-17(10-14)12-21(5,24)13-20(3,4)18-11-16(22)7-8-19(18)25-6;1-9(15)8-13(2,3)11-7-10(14)5-6-12(11)16-4;1-6-4-7(2)9-8(3)5-6/h7-11,24H,12-13H2,1-6H3;5-7H,8H2,1-4H3;4-5H,1-3H3. The van der Waals surface area contributed by atoms with Gasteiger partial charge in [0.05, 0.1) is 19.8 Å². The number of pyridine rings is 2. The summed E-state index contributed by atoms with van der Waals surface area (Å²) in [6, 6.07) is 17.0. The van der Waals surface area contributed by atoms with Gasteiger partial charge in [-0.2, -0.15) is 0 Å². The number of carbonyl (C=O) groups is 1. The average molecular weight is 691 g/mol. The van der Waals surface area contributed by atoms with E-state index in [2.05, 4.69) is 29.0 Å². The maximum atomic E-state index is 13.8. The second-order valence-corrected chi connectivity index (χ2v) is 14.9. The van der Waals surface area contributed by atoms with Gasteiger partial charge < -0.3 is 14.6 Å². The Balaban J connectivity index is 0.000000294. The molecule has 0 fully saturated rings. The van der Waals surface area contributed by atoms with E-state index in [1.807, 2.05) is 67.5 Å². The molecule has 272 valence electrons. The molecular formula is C42H56F2N2O4. The molecule has 0 spiro atoms. The number of Topliss-reactive ketones (excluding diaryl/α,β-unsaturated/α-hetero) is 1. The molecule has 0 aliphatic heterocycles. The largest absolute Gasteiger partial charge is 0.496 e. The molecule has 0 aliphatic carbocycles. The van der Waals surface area contributed by atoms with E-state index in [0.29, 0.717) is 30.8 Å². The molecule has 0 saturated carbocycles. The Labute approximate surface area is 298 Å². The summed E-state index contributed by atoms with van der Waals surface area (Å²) < 4.78 is 37.5. The number of rotatable bonds is 10. The van der Waals surface area contributed by atoms with Crippen LogP contribution in [0.3, 0.4) is 0 Å². The summed E-state index contributed by atoms with van der Waals surface area (Å²) in [4.78, 5) is 19.9. The van der Waals surface area contributed by atoms with Crippen LogP contribution in [0.1, 0.15) is 99.4 Å². The molecule has 1 unspecified atom stereocenters. The fraction of sp³-hybridized carbons (Fsp3) is 0.452.